The topological polar surface area (TPSA) is 21.3 Å². The molecule has 0 amide bonds. The maximum Gasteiger partial charge on any atom is 0.289 e. The van der Waals surface area contributed by atoms with Crippen molar-refractivity contribution in [2.75, 3.05) is 6.54 Å². The molecule has 1 atom stereocenters. The number of hydrogen-bond donors (Lipinski definition) is 1. The van der Waals surface area contributed by atoms with Crippen LogP contribution < -0.4 is 20.9 Å². The fraction of sp³-hybridized carbons (Fsp3) is 0.143. The predicted octanol–water partition coefficient (Wildman–Crippen LogP) is 5.37. The lowest BCUT2D eigenvalue weighted by Crippen LogP contribution is -2.73. The normalized spacial score (nSPS) is 15.8. The van der Waals surface area contributed by atoms with Gasteiger partial charge in [-0.3, -0.25) is 0 Å². The van der Waals surface area contributed by atoms with E-state index in [2.05, 4.69) is 157 Å². The lowest BCUT2D eigenvalue weighted by molar-refractivity contribution is 0.0698. The van der Waals surface area contributed by atoms with Crippen molar-refractivity contribution in [3.05, 3.63) is 163 Å². The van der Waals surface area contributed by atoms with Crippen molar-refractivity contribution in [1.82, 2.24) is 5.32 Å². The second kappa shape index (κ2) is 10.9. The maximum absolute atomic E-state index is 8.12. The number of nitrogens with one attached hydrogen (secondary N) is 1. The second-order valence-electron chi connectivity index (χ2n) is 10.00. The number of rotatable bonds is 8. The van der Waals surface area contributed by atoms with E-state index < -0.39 is 13.9 Å². The lowest BCUT2D eigenvalue weighted by Gasteiger charge is -2.48. The molecular weight excluding hydrogens is 478 g/mol. The number of hydrogen-bond acceptors (Lipinski definition) is 2. The Morgan fingerprint density at radius 1 is 0.526 bits per heavy atom. The van der Waals surface area contributed by atoms with Crippen molar-refractivity contribution in [1.29, 1.82) is 0 Å². The van der Waals surface area contributed by atoms with Crippen molar-refractivity contribution in [3.8, 4) is 0 Å². The standard InChI is InChI=1S/C35H33NOSi/c1-6-17-29(18-7-1)35(34-27-16-28-36-34,30-19-8-2-9-20-30)37-38(31-21-10-3-11-22-31,32-23-12-4-13-24-32)33-25-14-5-15-26-33/h1-15,17-26,34,36H,16,27-28H2/t34-/m0/s1. The zero-order valence-electron chi connectivity index (χ0n) is 21.5. The Bertz CT molecular complexity index is 1280. The monoisotopic (exact) mass is 511 g/mol. The Balaban J connectivity index is 1.71. The van der Waals surface area contributed by atoms with Crippen LogP contribution in [0.1, 0.15) is 24.0 Å². The molecule has 3 heteroatoms. The van der Waals surface area contributed by atoms with E-state index in [-0.39, 0.29) is 6.04 Å². The van der Waals surface area contributed by atoms with Gasteiger partial charge in [0.2, 0.25) is 0 Å². The molecule has 0 aliphatic carbocycles. The molecule has 1 N–H and O–H groups in total. The summed E-state index contributed by atoms with van der Waals surface area (Å²) in [6.45, 7) is 0.992. The third-order valence-electron chi connectivity index (χ3n) is 7.81. The Morgan fingerprint density at radius 2 is 0.895 bits per heavy atom. The highest BCUT2D eigenvalue weighted by Gasteiger charge is 2.53. The van der Waals surface area contributed by atoms with E-state index >= 15 is 0 Å². The highest BCUT2D eigenvalue weighted by Crippen LogP contribution is 2.42. The smallest absolute Gasteiger partial charge is 0.289 e. The molecule has 0 bridgehead atoms. The molecular formula is C35H33NOSi. The summed E-state index contributed by atoms with van der Waals surface area (Å²) in [6, 6.07) is 54.6. The molecule has 0 aromatic heterocycles. The van der Waals surface area contributed by atoms with Crippen LogP contribution in [-0.2, 0) is 10.0 Å². The van der Waals surface area contributed by atoms with Crippen LogP contribution in [0.15, 0.2) is 152 Å². The largest absolute Gasteiger partial charge is 0.389 e. The van der Waals surface area contributed by atoms with Crippen LogP contribution in [0, 0.1) is 0 Å². The summed E-state index contributed by atoms with van der Waals surface area (Å²) < 4.78 is 8.12. The molecule has 1 heterocycles. The van der Waals surface area contributed by atoms with Crippen LogP contribution in [0.5, 0.6) is 0 Å². The Hall–Kier alpha value is -3.76. The molecule has 1 fully saturated rings. The molecule has 38 heavy (non-hydrogen) atoms. The van der Waals surface area contributed by atoms with Crippen molar-refractivity contribution >= 4 is 23.9 Å². The molecule has 5 aromatic rings. The van der Waals surface area contributed by atoms with Crippen LogP contribution in [0.25, 0.3) is 0 Å². The summed E-state index contributed by atoms with van der Waals surface area (Å²) in [7, 11) is -3.03. The molecule has 0 radical (unpaired) electrons. The Labute approximate surface area is 227 Å². The first-order chi connectivity index (χ1) is 18.8. The van der Waals surface area contributed by atoms with E-state index in [0.29, 0.717) is 0 Å². The predicted molar refractivity (Wildman–Crippen MR) is 160 cm³/mol. The van der Waals surface area contributed by atoms with Gasteiger partial charge in [-0.15, -0.1) is 0 Å². The Morgan fingerprint density at radius 3 is 1.24 bits per heavy atom. The minimum atomic E-state index is -3.03. The van der Waals surface area contributed by atoms with Crippen molar-refractivity contribution in [3.63, 3.8) is 0 Å². The van der Waals surface area contributed by atoms with E-state index in [1.807, 2.05) is 0 Å². The molecule has 0 spiro atoms. The first-order valence-corrected chi connectivity index (χ1v) is 15.5. The van der Waals surface area contributed by atoms with Gasteiger partial charge in [-0.05, 0) is 46.1 Å². The third kappa shape index (κ3) is 4.33. The molecule has 2 nitrogen and oxygen atoms in total. The van der Waals surface area contributed by atoms with Gasteiger partial charge in [0.15, 0.2) is 0 Å². The van der Waals surface area contributed by atoms with E-state index in [1.165, 1.54) is 26.7 Å². The molecule has 6 rings (SSSR count). The van der Waals surface area contributed by atoms with E-state index in [1.54, 1.807) is 0 Å². The van der Waals surface area contributed by atoms with Gasteiger partial charge in [-0.1, -0.05) is 152 Å². The van der Waals surface area contributed by atoms with Crippen LogP contribution in [0.2, 0.25) is 0 Å². The SMILES string of the molecule is c1ccc(C(O[Si](c2ccccc2)(c2ccccc2)c2ccccc2)(c2ccccc2)[C@@H]2CCCN2)cc1. The van der Waals surface area contributed by atoms with Crippen LogP contribution in [0.3, 0.4) is 0 Å². The van der Waals surface area contributed by atoms with Gasteiger partial charge in [-0.25, -0.2) is 0 Å². The van der Waals surface area contributed by atoms with Gasteiger partial charge in [-0.2, -0.15) is 0 Å². The molecule has 5 aromatic carbocycles. The van der Waals surface area contributed by atoms with Gasteiger partial charge in [0.05, 0.1) is 0 Å². The van der Waals surface area contributed by atoms with E-state index in [0.717, 1.165) is 19.4 Å². The summed E-state index contributed by atoms with van der Waals surface area (Å²) in [5, 5.41) is 7.60. The fourth-order valence-electron chi connectivity index (χ4n) is 6.10. The van der Waals surface area contributed by atoms with Gasteiger partial charge >= 0.3 is 0 Å². The first kappa shape index (κ1) is 24.6. The molecule has 1 aliphatic rings. The summed E-state index contributed by atoms with van der Waals surface area (Å²) in [5.74, 6) is 0. The zero-order valence-corrected chi connectivity index (χ0v) is 22.5. The first-order valence-electron chi connectivity index (χ1n) is 13.6. The summed E-state index contributed by atoms with van der Waals surface area (Å²) in [5.41, 5.74) is 1.68. The summed E-state index contributed by atoms with van der Waals surface area (Å²) in [6.07, 6.45) is 2.18. The molecule has 0 unspecified atom stereocenters. The summed E-state index contributed by atoms with van der Waals surface area (Å²) in [4.78, 5) is 0. The van der Waals surface area contributed by atoms with Gasteiger partial charge in [0, 0.05) is 6.04 Å². The van der Waals surface area contributed by atoms with Crippen LogP contribution in [0.4, 0.5) is 0 Å². The van der Waals surface area contributed by atoms with Crippen LogP contribution >= 0.6 is 0 Å². The average Bonchev–Trinajstić information content (AvgIpc) is 3.56. The van der Waals surface area contributed by atoms with Crippen molar-refractivity contribution < 1.29 is 4.43 Å². The third-order valence-corrected chi connectivity index (χ3v) is 11.9. The van der Waals surface area contributed by atoms with Crippen molar-refractivity contribution in [2.24, 2.45) is 0 Å². The second-order valence-corrected chi connectivity index (χ2v) is 13.3. The molecule has 188 valence electrons. The molecule has 1 aliphatic heterocycles. The van der Waals surface area contributed by atoms with Crippen molar-refractivity contribution in [2.45, 2.75) is 24.5 Å². The average molecular weight is 512 g/mol. The minimum absolute atomic E-state index is 0.135. The Kier molecular flexibility index (Phi) is 7.06. The van der Waals surface area contributed by atoms with Gasteiger partial charge < -0.3 is 9.74 Å². The number of benzene rings is 5. The van der Waals surface area contributed by atoms with E-state index in [4.69, 9.17) is 4.43 Å². The van der Waals surface area contributed by atoms with E-state index in [9.17, 15) is 0 Å². The van der Waals surface area contributed by atoms with Gasteiger partial charge in [0.25, 0.3) is 8.32 Å². The highest BCUT2D eigenvalue weighted by molar-refractivity contribution is 7.07. The fourth-order valence-corrected chi connectivity index (χ4v) is 10.3. The highest BCUT2D eigenvalue weighted by atomic mass is 28.4. The van der Waals surface area contributed by atoms with Crippen LogP contribution in [-0.4, -0.2) is 20.9 Å². The lowest BCUT2D eigenvalue weighted by atomic mass is 9.79. The molecule has 1 saturated heterocycles. The maximum atomic E-state index is 8.12. The summed E-state index contributed by atoms with van der Waals surface area (Å²) >= 11 is 0. The zero-order chi connectivity index (χ0) is 25.7. The van der Waals surface area contributed by atoms with Gasteiger partial charge in [0.1, 0.15) is 5.60 Å². The minimum Gasteiger partial charge on any atom is -0.389 e. The molecule has 0 saturated carbocycles. The quantitative estimate of drug-likeness (QED) is 0.224.